The summed E-state index contributed by atoms with van der Waals surface area (Å²) < 4.78 is 4.88. The molecule has 1 fully saturated rings. The van der Waals surface area contributed by atoms with Crippen LogP contribution in [0.3, 0.4) is 0 Å². The van der Waals surface area contributed by atoms with E-state index in [0.717, 1.165) is 13.1 Å². The van der Waals surface area contributed by atoms with Crippen LogP contribution in [0.15, 0.2) is 0 Å². The van der Waals surface area contributed by atoms with E-state index in [9.17, 15) is 9.59 Å². The average molecular weight is 243 g/mol. The Morgan fingerprint density at radius 2 is 2.29 bits per heavy atom. The number of hydrogen-bond donors (Lipinski definition) is 3. The number of methoxy groups -OCH3 is 1. The lowest BCUT2D eigenvalue weighted by molar-refractivity contribution is -0.128. The van der Waals surface area contributed by atoms with Gasteiger partial charge in [-0.3, -0.25) is 9.59 Å². The molecule has 3 N–H and O–H groups in total. The molecule has 0 aromatic rings. The molecule has 2 amide bonds. The summed E-state index contributed by atoms with van der Waals surface area (Å²) in [5.41, 5.74) is 0. The molecule has 0 spiro atoms. The van der Waals surface area contributed by atoms with E-state index in [1.165, 1.54) is 0 Å². The third kappa shape index (κ3) is 5.65. The van der Waals surface area contributed by atoms with Crippen molar-refractivity contribution in [3.8, 4) is 0 Å². The van der Waals surface area contributed by atoms with Gasteiger partial charge in [0.1, 0.15) is 0 Å². The number of rotatable bonds is 7. The Hall–Kier alpha value is -1.14. The lowest BCUT2D eigenvalue weighted by Gasteiger charge is -2.21. The average Bonchev–Trinajstić information content (AvgIpc) is 2.34. The highest BCUT2D eigenvalue weighted by molar-refractivity contribution is 5.83. The first-order valence-corrected chi connectivity index (χ1v) is 5.98. The van der Waals surface area contributed by atoms with Crippen molar-refractivity contribution in [1.82, 2.24) is 16.0 Å². The lowest BCUT2D eigenvalue weighted by atomic mass is 9.98. The van der Waals surface area contributed by atoms with Crippen molar-refractivity contribution < 1.29 is 14.3 Å². The fraction of sp³-hybridized carbons (Fsp3) is 0.818. The van der Waals surface area contributed by atoms with E-state index in [2.05, 4.69) is 16.0 Å². The topological polar surface area (TPSA) is 79.5 Å². The predicted molar refractivity (Wildman–Crippen MR) is 63.5 cm³/mol. The molecular formula is C11H21N3O3. The van der Waals surface area contributed by atoms with Crippen LogP contribution >= 0.6 is 0 Å². The second-order valence-corrected chi connectivity index (χ2v) is 4.07. The summed E-state index contributed by atoms with van der Waals surface area (Å²) in [5.74, 6) is -0.0134. The molecule has 0 aliphatic carbocycles. The standard InChI is InChI=1S/C11H21N3O3/c1-17-7-6-12-4-5-13-11(16)9-2-3-10(15)14-8-9/h9,12H,2-8H2,1H3,(H,13,16)(H,14,15). The fourth-order valence-corrected chi connectivity index (χ4v) is 1.67. The largest absolute Gasteiger partial charge is 0.383 e. The number of carbonyl (C=O) groups excluding carboxylic acids is 2. The number of nitrogens with one attached hydrogen (secondary N) is 3. The Kier molecular flexibility index (Phi) is 6.57. The van der Waals surface area contributed by atoms with Crippen molar-refractivity contribution in [1.29, 1.82) is 0 Å². The van der Waals surface area contributed by atoms with Gasteiger partial charge in [0.15, 0.2) is 0 Å². The molecule has 1 rings (SSSR count). The molecule has 0 aromatic heterocycles. The maximum Gasteiger partial charge on any atom is 0.224 e. The quantitative estimate of drug-likeness (QED) is 0.494. The van der Waals surface area contributed by atoms with Gasteiger partial charge in [-0.1, -0.05) is 0 Å². The van der Waals surface area contributed by atoms with Crippen molar-refractivity contribution in [3.63, 3.8) is 0 Å². The van der Waals surface area contributed by atoms with Crippen LogP contribution in [0.5, 0.6) is 0 Å². The molecule has 6 nitrogen and oxygen atoms in total. The summed E-state index contributed by atoms with van der Waals surface area (Å²) in [6.45, 7) is 3.25. The normalized spacial score (nSPS) is 19.8. The van der Waals surface area contributed by atoms with Crippen molar-refractivity contribution in [2.24, 2.45) is 5.92 Å². The van der Waals surface area contributed by atoms with Crippen LogP contribution in [0.25, 0.3) is 0 Å². The summed E-state index contributed by atoms with van der Waals surface area (Å²) in [5, 5.41) is 8.69. The Balaban J connectivity index is 2.03. The van der Waals surface area contributed by atoms with Crippen LogP contribution in [0.1, 0.15) is 12.8 Å². The summed E-state index contributed by atoms with van der Waals surface area (Å²) in [6.07, 6.45) is 1.10. The van der Waals surface area contributed by atoms with Gasteiger partial charge in [0.2, 0.25) is 11.8 Å². The van der Waals surface area contributed by atoms with E-state index in [1.807, 2.05) is 0 Å². The van der Waals surface area contributed by atoms with Gasteiger partial charge in [0.05, 0.1) is 12.5 Å². The minimum atomic E-state index is -0.0772. The first kappa shape index (κ1) is 13.9. The number of piperidine rings is 1. The summed E-state index contributed by atoms with van der Waals surface area (Å²) in [7, 11) is 1.65. The van der Waals surface area contributed by atoms with Gasteiger partial charge in [-0.25, -0.2) is 0 Å². The molecule has 0 aromatic carbocycles. The minimum Gasteiger partial charge on any atom is -0.383 e. The van der Waals surface area contributed by atoms with Crippen molar-refractivity contribution in [2.45, 2.75) is 12.8 Å². The van der Waals surface area contributed by atoms with Gasteiger partial charge in [-0.15, -0.1) is 0 Å². The second-order valence-electron chi connectivity index (χ2n) is 4.07. The van der Waals surface area contributed by atoms with Crippen molar-refractivity contribution in [2.75, 3.05) is 39.9 Å². The van der Waals surface area contributed by atoms with Gasteiger partial charge >= 0.3 is 0 Å². The third-order valence-electron chi connectivity index (χ3n) is 2.72. The Bertz CT molecular complexity index is 248. The van der Waals surface area contributed by atoms with Gasteiger partial charge < -0.3 is 20.7 Å². The Morgan fingerprint density at radius 3 is 2.94 bits per heavy atom. The van der Waals surface area contributed by atoms with Gasteiger partial charge in [-0.05, 0) is 6.42 Å². The van der Waals surface area contributed by atoms with Crippen LogP contribution in [0, 0.1) is 5.92 Å². The smallest absolute Gasteiger partial charge is 0.224 e. The van der Waals surface area contributed by atoms with Gasteiger partial charge in [0.25, 0.3) is 0 Å². The second kappa shape index (κ2) is 8.03. The Morgan fingerprint density at radius 1 is 1.47 bits per heavy atom. The van der Waals surface area contributed by atoms with E-state index >= 15 is 0 Å². The van der Waals surface area contributed by atoms with E-state index in [4.69, 9.17) is 4.74 Å². The highest BCUT2D eigenvalue weighted by Crippen LogP contribution is 2.10. The molecule has 0 saturated carbocycles. The molecule has 1 heterocycles. The molecule has 0 bridgehead atoms. The highest BCUT2D eigenvalue weighted by Gasteiger charge is 2.23. The zero-order chi connectivity index (χ0) is 12.5. The maximum atomic E-state index is 11.7. The molecular weight excluding hydrogens is 222 g/mol. The molecule has 1 saturated heterocycles. The zero-order valence-electron chi connectivity index (χ0n) is 10.3. The fourth-order valence-electron chi connectivity index (χ4n) is 1.67. The van der Waals surface area contributed by atoms with Crippen LogP contribution < -0.4 is 16.0 Å². The number of hydrogen-bond acceptors (Lipinski definition) is 4. The minimum absolute atomic E-state index is 0.0264. The van der Waals surface area contributed by atoms with E-state index in [0.29, 0.717) is 32.5 Å². The first-order valence-electron chi connectivity index (χ1n) is 5.98. The molecule has 1 aliphatic heterocycles. The monoisotopic (exact) mass is 243 g/mol. The van der Waals surface area contributed by atoms with Crippen LogP contribution in [0.4, 0.5) is 0 Å². The molecule has 17 heavy (non-hydrogen) atoms. The summed E-state index contributed by atoms with van der Waals surface area (Å²) in [4.78, 5) is 22.6. The van der Waals surface area contributed by atoms with Crippen molar-refractivity contribution >= 4 is 11.8 Å². The highest BCUT2D eigenvalue weighted by atomic mass is 16.5. The SMILES string of the molecule is COCCNCCNC(=O)C1CCC(=O)NC1. The first-order chi connectivity index (χ1) is 8.24. The van der Waals surface area contributed by atoms with Crippen molar-refractivity contribution in [3.05, 3.63) is 0 Å². The van der Waals surface area contributed by atoms with Gasteiger partial charge in [0, 0.05) is 39.7 Å². The van der Waals surface area contributed by atoms with Crippen LogP contribution in [-0.4, -0.2) is 51.7 Å². The molecule has 1 atom stereocenters. The molecule has 1 aliphatic rings. The lowest BCUT2D eigenvalue weighted by Crippen LogP contribution is -2.44. The molecule has 0 radical (unpaired) electrons. The van der Waals surface area contributed by atoms with Crippen LogP contribution in [0.2, 0.25) is 0 Å². The number of ether oxygens (including phenoxy) is 1. The Labute approximate surface area is 101 Å². The van der Waals surface area contributed by atoms with E-state index < -0.39 is 0 Å². The third-order valence-corrected chi connectivity index (χ3v) is 2.72. The van der Waals surface area contributed by atoms with Crippen LogP contribution in [-0.2, 0) is 14.3 Å². The maximum absolute atomic E-state index is 11.7. The molecule has 6 heteroatoms. The molecule has 1 unspecified atom stereocenters. The number of amides is 2. The molecule has 98 valence electrons. The summed E-state index contributed by atoms with van der Waals surface area (Å²) in [6, 6.07) is 0. The van der Waals surface area contributed by atoms with E-state index in [1.54, 1.807) is 7.11 Å². The van der Waals surface area contributed by atoms with E-state index in [-0.39, 0.29) is 17.7 Å². The van der Waals surface area contributed by atoms with Gasteiger partial charge in [-0.2, -0.15) is 0 Å². The number of carbonyl (C=O) groups is 2. The zero-order valence-corrected chi connectivity index (χ0v) is 10.3. The summed E-state index contributed by atoms with van der Waals surface area (Å²) >= 11 is 0. The predicted octanol–water partition coefficient (Wildman–Crippen LogP) is -1.14.